The van der Waals surface area contributed by atoms with Gasteiger partial charge in [-0.1, -0.05) is 20.3 Å². The minimum Gasteiger partial charge on any atom is -0.346 e. The lowest BCUT2D eigenvalue weighted by Crippen LogP contribution is -2.08. The molecule has 0 fully saturated rings. The van der Waals surface area contributed by atoms with E-state index in [9.17, 15) is 0 Å². The Kier molecular flexibility index (Phi) is 5.40. The molecule has 15 heavy (non-hydrogen) atoms. The first-order valence-electron chi connectivity index (χ1n) is 6.03. The molecule has 0 unspecified atom stereocenters. The second kappa shape index (κ2) is 6.62. The normalized spacial score (nSPS) is 10.9. The van der Waals surface area contributed by atoms with Crippen LogP contribution in [0.5, 0.6) is 0 Å². The van der Waals surface area contributed by atoms with Crippen molar-refractivity contribution >= 4 is 0 Å². The highest BCUT2D eigenvalue weighted by molar-refractivity contribution is 5.15. The lowest BCUT2D eigenvalue weighted by molar-refractivity contribution is 0.705. The van der Waals surface area contributed by atoms with Gasteiger partial charge in [0.2, 0.25) is 0 Å². The number of aryl methyl sites for hydroxylation is 3. The van der Waals surface area contributed by atoms with E-state index in [1.807, 2.05) is 7.05 Å². The van der Waals surface area contributed by atoms with Crippen LogP contribution in [0.4, 0.5) is 0 Å². The van der Waals surface area contributed by atoms with Crippen LogP contribution >= 0.6 is 0 Å². The van der Waals surface area contributed by atoms with Gasteiger partial charge in [0, 0.05) is 12.1 Å². The van der Waals surface area contributed by atoms with Gasteiger partial charge in [-0.05, 0) is 32.9 Å². The summed E-state index contributed by atoms with van der Waals surface area (Å²) in [7, 11) is 1.99. The predicted molar refractivity (Wildman–Crippen MR) is 64.2 cm³/mol. The van der Waals surface area contributed by atoms with E-state index in [4.69, 9.17) is 0 Å². The second-order valence-electron chi connectivity index (χ2n) is 3.92. The molecule has 3 nitrogen and oxygen atoms in total. The largest absolute Gasteiger partial charge is 0.346 e. The number of nitrogens with zero attached hydrogens (tertiary/aromatic N) is 1. The van der Waals surface area contributed by atoms with Gasteiger partial charge in [0.1, 0.15) is 5.82 Å². The van der Waals surface area contributed by atoms with Crippen LogP contribution < -0.4 is 5.32 Å². The molecule has 1 aromatic heterocycles. The predicted octanol–water partition coefficient (Wildman–Crippen LogP) is 2.08. The molecule has 3 heteroatoms. The highest BCUT2D eigenvalue weighted by Gasteiger charge is 2.07. The van der Waals surface area contributed by atoms with Crippen LogP contribution in [0.3, 0.4) is 0 Å². The molecule has 0 saturated carbocycles. The Morgan fingerprint density at radius 1 is 1.27 bits per heavy atom. The molecule has 0 spiro atoms. The molecular formula is C12H23N3. The first-order valence-corrected chi connectivity index (χ1v) is 6.03. The average Bonchev–Trinajstić information content (AvgIpc) is 2.62. The molecule has 0 aromatic carbocycles. The summed E-state index contributed by atoms with van der Waals surface area (Å²) in [4.78, 5) is 8.09. The Bertz CT molecular complexity index is 278. The SMILES string of the molecule is CCCc1[nH]c(CCCNC)nc1CC. The van der Waals surface area contributed by atoms with Crippen LogP contribution in [-0.4, -0.2) is 23.6 Å². The number of aromatic nitrogens is 2. The molecule has 0 saturated heterocycles. The third-order valence-electron chi connectivity index (χ3n) is 2.59. The molecule has 0 atom stereocenters. The van der Waals surface area contributed by atoms with Crippen molar-refractivity contribution in [3.05, 3.63) is 17.2 Å². The van der Waals surface area contributed by atoms with E-state index in [-0.39, 0.29) is 0 Å². The van der Waals surface area contributed by atoms with E-state index >= 15 is 0 Å². The van der Waals surface area contributed by atoms with E-state index in [1.54, 1.807) is 0 Å². The Balaban J connectivity index is 2.57. The highest BCUT2D eigenvalue weighted by Crippen LogP contribution is 2.10. The minimum atomic E-state index is 1.04. The third-order valence-corrected chi connectivity index (χ3v) is 2.59. The average molecular weight is 209 g/mol. The van der Waals surface area contributed by atoms with Gasteiger partial charge in [-0.25, -0.2) is 4.98 Å². The summed E-state index contributed by atoms with van der Waals surface area (Å²) in [6, 6.07) is 0. The maximum absolute atomic E-state index is 4.64. The summed E-state index contributed by atoms with van der Waals surface area (Å²) >= 11 is 0. The van der Waals surface area contributed by atoms with E-state index in [1.165, 1.54) is 17.8 Å². The summed E-state index contributed by atoms with van der Waals surface area (Å²) in [6.45, 7) is 5.44. The molecule has 0 bridgehead atoms. The summed E-state index contributed by atoms with van der Waals surface area (Å²) in [6.07, 6.45) is 5.56. The number of hydrogen-bond acceptors (Lipinski definition) is 2. The van der Waals surface area contributed by atoms with Gasteiger partial charge in [0.25, 0.3) is 0 Å². The zero-order valence-electron chi connectivity index (χ0n) is 10.2. The van der Waals surface area contributed by atoms with Crippen LogP contribution in [0, 0.1) is 0 Å². The molecule has 1 rings (SSSR count). The second-order valence-corrected chi connectivity index (χ2v) is 3.92. The zero-order valence-corrected chi connectivity index (χ0v) is 10.2. The van der Waals surface area contributed by atoms with Crippen molar-refractivity contribution in [1.82, 2.24) is 15.3 Å². The van der Waals surface area contributed by atoms with Crippen molar-refractivity contribution in [1.29, 1.82) is 0 Å². The van der Waals surface area contributed by atoms with Gasteiger partial charge in [0.05, 0.1) is 5.69 Å². The minimum absolute atomic E-state index is 1.04. The standard InChI is InChI=1S/C12H23N3/c1-4-7-11-10(5-2)14-12(15-11)8-6-9-13-3/h13H,4-9H2,1-3H3,(H,14,15). The highest BCUT2D eigenvalue weighted by atomic mass is 14.9. The monoisotopic (exact) mass is 209 g/mol. The molecule has 1 aromatic rings. The lowest BCUT2D eigenvalue weighted by atomic mass is 10.2. The van der Waals surface area contributed by atoms with Crippen molar-refractivity contribution < 1.29 is 0 Å². The lowest BCUT2D eigenvalue weighted by Gasteiger charge is -1.96. The first kappa shape index (κ1) is 12.2. The molecule has 0 aliphatic rings. The van der Waals surface area contributed by atoms with Gasteiger partial charge in [-0.3, -0.25) is 0 Å². The van der Waals surface area contributed by atoms with Crippen LogP contribution in [0.1, 0.15) is 43.9 Å². The fraction of sp³-hybridized carbons (Fsp3) is 0.750. The quantitative estimate of drug-likeness (QED) is 0.675. The number of hydrogen-bond donors (Lipinski definition) is 2. The molecular weight excluding hydrogens is 186 g/mol. The van der Waals surface area contributed by atoms with Crippen LogP contribution in [0.15, 0.2) is 0 Å². The fourth-order valence-electron chi connectivity index (χ4n) is 1.80. The summed E-state index contributed by atoms with van der Waals surface area (Å²) < 4.78 is 0. The van der Waals surface area contributed by atoms with Crippen LogP contribution in [0.25, 0.3) is 0 Å². The van der Waals surface area contributed by atoms with Crippen molar-refractivity contribution in [2.45, 2.75) is 46.0 Å². The molecule has 2 N–H and O–H groups in total. The number of nitrogens with one attached hydrogen (secondary N) is 2. The Morgan fingerprint density at radius 2 is 2.07 bits per heavy atom. The molecule has 86 valence electrons. The maximum Gasteiger partial charge on any atom is 0.106 e. The van der Waals surface area contributed by atoms with Crippen molar-refractivity contribution in [3.8, 4) is 0 Å². The molecule has 0 amide bonds. The summed E-state index contributed by atoms with van der Waals surface area (Å²) in [5.41, 5.74) is 2.61. The smallest absolute Gasteiger partial charge is 0.106 e. The number of rotatable bonds is 7. The van der Waals surface area contributed by atoms with Gasteiger partial charge < -0.3 is 10.3 Å². The first-order chi connectivity index (χ1) is 7.31. The van der Waals surface area contributed by atoms with Crippen molar-refractivity contribution in [2.75, 3.05) is 13.6 Å². The van der Waals surface area contributed by atoms with E-state index in [0.29, 0.717) is 0 Å². The van der Waals surface area contributed by atoms with E-state index < -0.39 is 0 Å². The van der Waals surface area contributed by atoms with E-state index in [2.05, 4.69) is 29.1 Å². The third kappa shape index (κ3) is 3.67. The Hall–Kier alpha value is -0.830. The molecule has 0 aliphatic heterocycles. The van der Waals surface area contributed by atoms with E-state index in [0.717, 1.165) is 38.1 Å². The van der Waals surface area contributed by atoms with Gasteiger partial charge >= 0.3 is 0 Å². The number of imidazole rings is 1. The molecule has 0 aliphatic carbocycles. The summed E-state index contributed by atoms with van der Waals surface area (Å²) in [5.74, 6) is 1.16. The van der Waals surface area contributed by atoms with Gasteiger partial charge in [0.15, 0.2) is 0 Å². The Morgan fingerprint density at radius 3 is 2.67 bits per heavy atom. The number of aromatic amines is 1. The topological polar surface area (TPSA) is 40.7 Å². The summed E-state index contributed by atoms with van der Waals surface area (Å²) in [5, 5.41) is 3.16. The van der Waals surface area contributed by atoms with Crippen LogP contribution in [-0.2, 0) is 19.3 Å². The molecule has 0 radical (unpaired) electrons. The van der Waals surface area contributed by atoms with Gasteiger partial charge in [-0.15, -0.1) is 0 Å². The van der Waals surface area contributed by atoms with Crippen molar-refractivity contribution in [3.63, 3.8) is 0 Å². The fourth-order valence-corrected chi connectivity index (χ4v) is 1.80. The maximum atomic E-state index is 4.64. The molecule has 1 heterocycles. The van der Waals surface area contributed by atoms with Gasteiger partial charge in [-0.2, -0.15) is 0 Å². The number of H-pyrrole nitrogens is 1. The zero-order chi connectivity index (χ0) is 11.1. The van der Waals surface area contributed by atoms with Crippen LogP contribution in [0.2, 0.25) is 0 Å². The van der Waals surface area contributed by atoms with Crippen molar-refractivity contribution in [2.24, 2.45) is 0 Å². The Labute approximate surface area is 92.7 Å².